The van der Waals surface area contributed by atoms with Crippen LogP contribution in [0.2, 0.25) is 0 Å². The summed E-state index contributed by atoms with van der Waals surface area (Å²) in [6.45, 7) is 1.97. The smallest absolute Gasteiger partial charge is 0.258 e. The van der Waals surface area contributed by atoms with E-state index in [0.717, 1.165) is 5.56 Å². The molecule has 1 aromatic heterocycles. The normalized spacial score (nSPS) is 11.8. The second-order valence-electron chi connectivity index (χ2n) is 6.83. The van der Waals surface area contributed by atoms with E-state index in [1.165, 1.54) is 17.3 Å². The number of nitrogens with zero attached hydrogens (tertiary/aromatic N) is 2. The average Bonchev–Trinajstić information content (AvgIpc) is 2.74. The molecular weight excluding hydrogens is 372 g/mol. The van der Waals surface area contributed by atoms with Crippen LogP contribution >= 0.6 is 0 Å². The first kappa shape index (κ1) is 20.1. The maximum absolute atomic E-state index is 12.2. The largest absolute Gasteiger partial charge is 0.505 e. The number of carbonyl (C=O) groups is 1. The van der Waals surface area contributed by atoms with Gasteiger partial charge in [-0.15, -0.1) is 0 Å². The van der Waals surface area contributed by atoms with Gasteiger partial charge in [0.1, 0.15) is 22.6 Å². The van der Waals surface area contributed by atoms with Crippen LogP contribution in [0.25, 0.3) is 0 Å². The number of rotatable bonds is 7. The van der Waals surface area contributed by atoms with Gasteiger partial charge >= 0.3 is 0 Å². The van der Waals surface area contributed by atoms with E-state index in [-0.39, 0.29) is 34.4 Å². The lowest BCUT2D eigenvalue weighted by Gasteiger charge is -2.22. The topological polar surface area (TPSA) is 112 Å². The van der Waals surface area contributed by atoms with E-state index >= 15 is 0 Å². The van der Waals surface area contributed by atoms with E-state index in [2.05, 4.69) is 15.6 Å². The summed E-state index contributed by atoms with van der Waals surface area (Å²) in [5, 5.41) is 16.3. The van der Waals surface area contributed by atoms with E-state index in [0.29, 0.717) is 6.42 Å². The van der Waals surface area contributed by atoms with Crippen LogP contribution in [-0.2, 0) is 0 Å². The van der Waals surface area contributed by atoms with Crippen molar-refractivity contribution in [3.05, 3.63) is 74.3 Å². The summed E-state index contributed by atoms with van der Waals surface area (Å²) in [7, 11) is 3.10. The molecule has 0 aliphatic heterocycles. The van der Waals surface area contributed by atoms with Gasteiger partial charge in [0.15, 0.2) is 5.75 Å². The second kappa shape index (κ2) is 8.14. The molecule has 8 heteroatoms. The van der Waals surface area contributed by atoms with Crippen molar-refractivity contribution in [1.29, 1.82) is 0 Å². The number of carbonyl (C=O) groups excluding carboxylic acids is 1. The first-order valence-corrected chi connectivity index (χ1v) is 9.15. The van der Waals surface area contributed by atoms with E-state index < -0.39 is 16.8 Å². The number of aromatic nitrogens is 1. The molecule has 1 atom stereocenters. The third-order valence-electron chi connectivity index (χ3n) is 4.65. The number of nitrogens with one attached hydrogen (secondary N) is 2. The van der Waals surface area contributed by atoms with Crippen molar-refractivity contribution in [2.75, 3.05) is 24.7 Å². The van der Waals surface area contributed by atoms with Gasteiger partial charge in [-0.2, -0.15) is 0 Å². The summed E-state index contributed by atoms with van der Waals surface area (Å²) in [4.78, 5) is 41.7. The van der Waals surface area contributed by atoms with E-state index in [1.54, 1.807) is 14.1 Å². The van der Waals surface area contributed by atoms with Crippen molar-refractivity contribution in [2.45, 2.75) is 19.4 Å². The number of aromatic hydroxyl groups is 1. The molecule has 29 heavy (non-hydrogen) atoms. The Kier molecular flexibility index (Phi) is 5.63. The minimum atomic E-state index is -0.695. The highest BCUT2D eigenvalue weighted by molar-refractivity contribution is 5.98. The van der Waals surface area contributed by atoms with Crippen LogP contribution in [0.5, 0.6) is 5.75 Å². The molecule has 0 aliphatic carbocycles. The Morgan fingerprint density at radius 2 is 1.76 bits per heavy atom. The Balaban J connectivity index is 1.90. The van der Waals surface area contributed by atoms with Crippen molar-refractivity contribution >= 4 is 23.0 Å². The van der Waals surface area contributed by atoms with Crippen LogP contribution in [-0.4, -0.2) is 35.0 Å². The predicted octanol–water partition coefficient (Wildman–Crippen LogP) is 2.39. The van der Waals surface area contributed by atoms with E-state index in [9.17, 15) is 19.5 Å². The lowest BCUT2D eigenvalue weighted by molar-refractivity contribution is 0.0824. The Labute approximate surface area is 167 Å². The van der Waals surface area contributed by atoms with Crippen molar-refractivity contribution in [1.82, 2.24) is 9.88 Å². The number of pyridine rings is 1. The highest BCUT2D eigenvalue weighted by Crippen LogP contribution is 2.32. The standard InChI is InChI=1S/C21H22N4O4/c1-4-14(12-8-6-5-7-9-12)23-16-17(20(28)19(16)27)24-15-11-22-10-13(18(15)26)21(29)25(2)3/h5-11,14,23-24H,4H2,1-3H3,(H,22,26)/t14-/m1/s1. The molecule has 0 unspecified atom stereocenters. The molecule has 2 aromatic carbocycles. The lowest BCUT2D eigenvalue weighted by atomic mass is 10.0. The molecule has 150 valence electrons. The van der Waals surface area contributed by atoms with Crippen LogP contribution in [0.1, 0.15) is 35.3 Å². The van der Waals surface area contributed by atoms with Crippen LogP contribution in [0, 0.1) is 0 Å². The second-order valence-corrected chi connectivity index (χ2v) is 6.83. The minimum Gasteiger partial charge on any atom is -0.505 e. The summed E-state index contributed by atoms with van der Waals surface area (Å²) in [6, 6.07) is 9.42. The molecule has 8 nitrogen and oxygen atoms in total. The van der Waals surface area contributed by atoms with Gasteiger partial charge in [-0.05, 0) is 12.0 Å². The first-order valence-electron chi connectivity index (χ1n) is 9.15. The molecule has 1 amide bonds. The van der Waals surface area contributed by atoms with Gasteiger partial charge in [-0.1, -0.05) is 37.3 Å². The fraction of sp³-hybridized carbons (Fsp3) is 0.238. The SMILES string of the molecule is CC[C@@H](Nc1c(Nc2cncc(C(=O)N(C)C)c2O)c(=O)c1=O)c1ccccc1. The van der Waals surface area contributed by atoms with Gasteiger partial charge in [-0.25, -0.2) is 0 Å². The molecule has 0 fully saturated rings. The van der Waals surface area contributed by atoms with Crippen molar-refractivity contribution in [3.63, 3.8) is 0 Å². The van der Waals surface area contributed by atoms with E-state index in [4.69, 9.17) is 0 Å². The maximum Gasteiger partial charge on any atom is 0.258 e. The third-order valence-corrected chi connectivity index (χ3v) is 4.65. The molecule has 0 bridgehead atoms. The molecule has 3 N–H and O–H groups in total. The molecule has 0 saturated heterocycles. The average molecular weight is 394 g/mol. The van der Waals surface area contributed by atoms with Crippen LogP contribution in [0.3, 0.4) is 0 Å². The van der Waals surface area contributed by atoms with Gasteiger partial charge in [0.25, 0.3) is 16.8 Å². The predicted molar refractivity (Wildman–Crippen MR) is 112 cm³/mol. The summed E-state index contributed by atoms with van der Waals surface area (Å²) in [5.41, 5.74) is -0.0963. The van der Waals surface area contributed by atoms with Gasteiger partial charge in [0.05, 0.1) is 12.2 Å². The first-order chi connectivity index (χ1) is 13.8. The quantitative estimate of drug-likeness (QED) is 0.528. The van der Waals surface area contributed by atoms with Crippen LogP contribution in [0.15, 0.2) is 52.3 Å². The summed E-state index contributed by atoms with van der Waals surface area (Å²) in [6.07, 6.45) is 3.23. The van der Waals surface area contributed by atoms with E-state index in [1.807, 2.05) is 37.3 Å². The molecule has 0 spiro atoms. The van der Waals surface area contributed by atoms with Gasteiger partial charge < -0.3 is 20.6 Å². The Bertz CT molecular complexity index is 1100. The summed E-state index contributed by atoms with van der Waals surface area (Å²) < 4.78 is 0. The Morgan fingerprint density at radius 1 is 1.10 bits per heavy atom. The van der Waals surface area contributed by atoms with Crippen molar-refractivity contribution in [2.24, 2.45) is 0 Å². The number of amides is 1. The van der Waals surface area contributed by atoms with Crippen LogP contribution in [0.4, 0.5) is 17.1 Å². The molecule has 3 rings (SSSR count). The Hall–Kier alpha value is -3.68. The van der Waals surface area contributed by atoms with Gasteiger partial charge in [-0.3, -0.25) is 19.4 Å². The highest BCUT2D eigenvalue weighted by Gasteiger charge is 2.25. The zero-order valence-electron chi connectivity index (χ0n) is 16.4. The van der Waals surface area contributed by atoms with Crippen LogP contribution < -0.4 is 21.5 Å². The molecular formula is C21H22N4O4. The number of benzene rings is 1. The molecule has 0 saturated carbocycles. The van der Waals surface area contributed by atoms with Crippen molar-refractivity contribution in [3.8, 4) is 5.75 Å². The van der Waals surface area contributed by atoms with Gasteiger partial charge in [0, 0.05) is 20.3 Å². The zero-order valence-corrected chi connectivity index (χ0v) is 16.4. The summed E-state index contributed by atoms with van der Waals surface area (Å²) in [5.74, 6) is -0.773. The molecule has 1 heterocycles. The maximum atomic E-state index is 12.2. The monoisotopic (exact) mass is 394 g/mol. The fourth-order valence-corrected chi connectivity index (χ4v) is 3.01. The van der Waals surface area contributed by atoms with Crippen molar-refractivity contribution < 1.29 is 9.90 Å². The lowest BCUT2D eigenvalue weighted by Crippen LogP contribution is -2.37. The number of hydrogen-bond acceptors (Lipinski definition) is 7. The molecule has 0 radical (unpaired) electrons. The Morgan fingerprint density at radius 3 is 2.38 bits per heavy atom. The molecule has 3 aromatic rings. The zero-order chi connectivity index (χ0) is 21.1. The fourth-order valence-electron chi connectivity index (χ4n) is 3.01. The highest BCUT2D eigenvalue weighted by atomic mass is 16.3. The molecule has 0 aliphatic rings. The number of anilines is 3. The number of hydrogen-bond donors (Lipinski definition) is 3. The third kappa shape index (κ3) is 3.82. The minimum absolute atomic E-state index is 0.0103. The summed E-state index contributed by atoms with van der Waals surface area (Å²) >= 11 is 0. The van der Waals surface area contributed by atoms with Gasteiger partial charge in [0.2, 0.25) is 0 Å².